The summed E-state index contributed by atoms with van der Waals surface area (Å²) in [6.07, 6.45) is 2.11. The van der Waals surface area contributed by atoms with E-state index in [-0.39, 0.29) is 5.91 Å². The standard InChI is InChI=1S/C7H6F2.C5H12N2O.C3H8/c1-5-2-6(8)4-7(9)3-5;1-5(8)7-4-2-3-6;1-3-2/h2-4H,1H3;2-4,6H2,1H3,(H,7,8);3H2,1-2H3. The molecule has 3 N–H and O–H groups in total. The maximum absolute atomic E-state index is 12.2. The van der Waals surface area contributed by atoms with Crippen molar-refractivity contribution in [2.24, 2.45) is 5.73 Å². The Morgan fingerprint density at radius 1 is 1.20 bits per heavy atom. The Morgan fingerprint density at radius 3 is 1.95 bits per heavy atom. The zero-order valence-electron chi connectivity index (χ0n) is 12.8. The molecule has 116 valence electrons. The number of rotatable bonds is 3. The van der Waals surface area contributed by atoms with Crippen LogP contribution in [0.4, 0.5) is 8.78 Å². The lowest BCUT2D eigenvalue weighted by Gasteiger charge is -1.96. The van der Waals surface area contributed by atoms with Crippen molar-refractivity contribution in [1.82, 2.24) is 5.32 Å². The van der Waals surface area contributed by atoms with Gasteiger partial charge in [0.1, 0.15) is 11.6 Å². The first kappa shape index (κ1) is 20.8. The van der Waals surface area contributed by atoms with Gasteiger partial charge in [-0.3, -0.25) is 4.79 Å². The zero-order chi connectivity index (χ0) is 16.0. The molecule has 3 nitrogen and oxygen atoms in total. The molecule has 0 radical (unpaired) electrons. The molecule has 0 aliphatic rings. The van der Waals surface area contributed by atoms with Gasteiger partial charge in [-0.1, -0.05) is 20.3 Å². The molecule has 1 aromatic carbocycles. The quantitative estimate of drug-likeness (QED) is 0.839. The molecule has 1 aromatic rings. The zero-order valence-corrected chi connectivity index (χ0v) is 12.8. The smallest absolute Gasteiger partial charge is 0.216 e. The van der Waals surface area contributed by atoms with Gasteiger partial charge in [0, 0.05) is 19.5 Å². The van der Waals surface area contributed by atoms with Crippen molar-refractivity contribution in [3.8, 4) is 0 Å². The molecular weight excluding hydrogens is 262 g/mol. The highest BCUT2D eigenvalue weighted by atomic mass is 19.1. The third-order valence-corrected chi connectivity index (χ3v) is 1.76. The van der Waals surface area contributed by atoms with Gasteiger partial charge >= 0.3 is 0 Å². The van der Waals surface area contributed by atoms with Crippen LogP contribution in [0.3, 0.4) is 0 Å². The molecule has 0 spiro atoms. The Balaban J connectivity index is 0. The fourth-order valence-corrected chi connectivity index (χ4v) is 1.06. The summed E-state index contributed by atoms with van der Waals surface area (Å²) in [4.78, 5) is 10.2. The van der Waals surface area contributed by atoms with E-state index in [4.69, 9.17) is 5.73 Å². The van der Waals surface area contributed by atoms with Crippen LogP contribution in [0.1, 0.15) is 39.2 Å². The van der Waals surface area contributed by atoms with Crippen LogP contribution >= 0.6 is 0 Å². The Bertz CT molecular complexity index is 320. The van der Waals surface area contributed by atoms with E-state index in [1.807, 2.05) is 0 Å². The Kier molecular flexibility index (Phi) is 14.5. The largest absolute Gasteiger partial charge is 0.356 e. The first-order chi connectivity index (χ1) is 9.37. The van der Waals surface area contributed by atoms with E-state index in [9.17, 15) is 13.6 Å². The van der Waals surface area contributed by atoms with Crippen molar-refractivity contribution in [3.63, 3.8) is 0 Å². The van der Waals surface area contributed by atoms with Crippen LogP contribution < -0.4 is 11.1 Å². The molecule has 20 heavy (non-hydrogen) atoms. The van der Waals surface area contributed by atoms with Gasteiger partial charge in [-0.15, -0.1) is 0 Å². The first-order valence-electron chi connectivity index (χ1n) is 6.74. The number of hydrogen-bond acceptors (Lipinski definition) is 2. The molecule has 0 bridgehead atoms. The van der Waals surface area contributed by atoms with Crippen LogP contribution in [0, 0.1) is 18.6 Å². The van der Waals surface area contributed by atoms with E-state index < -0.39 is 11.6 Å². The lowest BCUT2D eigenvalue weighted by atomic mass is 10.2. The maximum Gasteiger partial charge on any atom is 0.216 e. The van der Waals surface area contributed by atoms with Gasteiger partial charge in [-0.2, -0.15) is 0 Å². The number of nitrogens with one attached hydrogen (secondary N) is 1. The number of halogens is 2. The Hall–Kier alpha value is -1.49. The predicted molar refractivity (Wildman–Crippen MR) is 79.4 cm³/mol. The van der Waals surface area contributed by atoms with Crippen molar-refractivity contribution in [2.75, 3.05) is 13.1 Å². The average molecular weight is 288 g/mol. The topological polar surface area (TPSA) is 55.1 Å². The number of benzene rings is 1. The molecular formula is C15H26F2N2O. The maximum atomic E-state index is 12.2. The van der Waals surface area contributed by atoms with Crippen molar-refractivity contribution < 1.29 is 13.6 Å². The Morgan fingerprint density at radius 2 is 1.65 bits per heavy atom. The molecule has 0 aliphatic carbocycles. The van der Waals surface area contributed by atoms with Crippen LogP contribution in [0.15, 0.2) is 18.2 Å². The molecule has 0 atom stereocenters. The fraction of sp³-hybridized carbons (Fsp3) is 0.533. The van der Waals surface area contributed by atoms with Gasteiger partial charge in [-0.25, -0.2) is 8.78 Å². The lowest BCUT2D eigenvalue weighted by Crippen LogP contribution is -2.22. The molecule has 5 heteroatoms. The number of nitrogens with two attached hydrogens (primary N) is 1. The molecule has 0 heterocycles. The minimum absolute atomic E-state index is 0.0125. The number of amides is 1. The third kappa shape index (κ3) is 16.5. The lowest BCUT2D eigenvalue weighted by molar-refractivity contribution is -0.118. The first-order valence-corrected chi connectivity index (χ1v) is 6.74. The number of aryl methyl sites for hydroxylation is 1. The van der Waals surface area contributed by atoms with Crippen molar-refractivity contribution in [3.05, 3.63) is 35.4 Å². The van der Waals surface area contributed by atoms with Crippen LogP contribution in [0.2, 0.25) is 0 Å². The van der Waals surface area contributed by atoms with Crippen LogP contribution in [0.25, 0.3) is 0 Å². The summed E-state index contributed by atoms with van der Waals surface area (Å²) in [5.74, 6) is -1.03. The normalized spacial score (nSPS) is 8.75. The summed E-state index contributed by atoms with van der Waals surface area (Å²) in [6.45, 7) is 8.73. The van der Waals surface area contributed by atoms with Crippen LogP contribution in [-0.2, 0) is 4.79 Å². The molecule has 1 rings (SSSR count). The summed E-state index contributed by atoms with van der Waals surface area (Å²) < 4.78 is 24.4. The van der Waals surface area contributed by atoms with Gasteiger partial charge in [0.05, 0.1) is 0 Å². The van der Waals surface area contributed by atoms with Crippen molar-refractivity contribution in [2.45, 2.75) is 40.5 Å². The molecule has 0 unspecified atom stereocenters. The molecule has 0 saturated heterocycles. The minimum Gasteiger partial charge on any atom is -0.356 e. The number of carbonyl (C=O) groups excluding carboxylic acids is 1. The summed E-state index contributed by atoms with van der Waals surface area (Å²) in [6, 6.07) is 3.42. The molecule has 0 aliphatic heterocycles. The second-order valence-electron chi connectivity index (χ2n) is 4.28. The van der Waals surface area contributed by atoms with Crippen molar-refractivity contribution in [1.29, 1.82) is 0 Å². The monoisotopic (exact) mass is 288 g/mol. The number of hydrogen-bond donors (Lipinski definition) is 2. The van der Waals surface area contributed by atoms with E-state index in [0.29, 0.717) is 18.7 Å². The van der Waals surface area contributed by atoms with Gasteiger partial charge < -0.3 is 11.1 Å². The van der Waals surface area contributed by atoms with E-state index >= 15 is 0 Å². The summed E-state index contributed by atoms with van der Waals surface area (Å²) >= 11 is 0. The summed E-state index contributed by atoms with van der Waals surface area (Å²) in [7, 11) is 0. The SMILES string of the molecule is CC(=O)NCCCN.CCC.Cc1cc(F)cc(F)c1. The second kappa shape index (κ2) is 13.9. The highest BCUT2D eigenvalue weighted by Gasteiger charge is 1.93. The van der Waals surface area contributed by atoms with Crippen molar-refractivity contribution >= 4 is 5.91 Å². The molecule has 0 fully saturated rings. The fourth-order valence-electron chi connectivity index (χ4n) is 1.06. The number of carbonyl (C=O) groups is 1. The average Bonchev–Trinajstić information content (AvgIpc) is 2.28. The summed E-state index contributed by atoms with van der Waals surface area (Å²) in [5.41, 5.74) is 5.77. The van der Waals surface area contributed by atoms with Gasteiger partial charge in [0.25, 0.3) is 0 Å². The molecule has 0 saturated carbocycles. The molecule has 1 amide bonds. The van der Waals surface area contributed by atoms with Gasteiger partial charge in [0.15, 0.2) is 0 Å². The van der Waals surface area contributed by atoms with E-state index in [1.54, 1.807) is 6.92 Å². The van der Waals surface area contributed by atoms with Crippen LogP contribution in [-0.4, -0.2) is 19.0 Å². The minimum atomic E-state index is -0.521. The summed E-state index contributed by atoms with van der Waals surface area (Å²) in [5, 5.41) is 2.63. The molecule has 0 aromatic heterocycles. The Labute approximate surface area is 120 Å². The van der Waals surface area contributed by atoms with Gasteiger partial charge in [-0.05, 0) is 37.6 Å². The third-order valence-electron chi connectivity index (χ3n) is 1.76. The second-order valence-corrected chi connectivity index (χ2v) is 4.28. The van der Waals surface area contributed by atoms with Crippen LogP contribution in [0.5, 0.6) is 0 Å². The van der Waals surface area contributed by atoms with E-state index in [0.717, 1.165) is 12.5 Å². The van der Waals surface area contributed by atoms with E-state index in [2.05, 4.69) is 19.2 Å². The van der Waals surface area contributed by atoms with E-state index in [1.165, 1.54) is 25.5 Å². The predicted octanol–water partition coefficient (Wildman–Crippen LogP) is 3.16. The van der Waals surface area contributed by atoms with Gasteiger partial charge in [0.2, 0.25) is 5.91 Å². The highest BCUT2D eigenvalue weighted by Crippen LogP contribution is 2.05. The highest BCUT2D eigenvalue weighted by molar-refractivity contribution is 5.72.